The van der Waals surface area contributed by atoms with Crippen molar-refractivity contribution in [2.75, 3.05) is 31.5 Å². The van der Waals surface area contributed by atoms with Crippen molar-refractivity contribution >= 4 is 23.3 Å². The minimum atomic E-state index is -0.525. The molecule has 2 fully saturated rings. The predicted octanol–water partition coefficient (Wildman–Crippen LogP) is 4.98. The van der Waals surface area contributed by atoms with Crippen molar-refractivity contribution in [1.29, 1.82) is 5.26 Å². The minimum absolute atomic E-state index is 0.0319. The summed E-state index contributed by atoms with van der Waals surface area (Å²) in [6.07, 6.45) is 4.06. The van der Waals surface area contributed by atoms with Crippen LogP contribution in [-0.2, 0) is 0 Å². The van der Waals surface area contributed by atoms with Crippen molar-refractivity contribution in [3.63, 3.8) is 0 Å². The Bertz CT molecular complexity index is 1050. The molecule has 2 N–H and O–H groups in total. The lowest BCUT2D eigenvalue weighted by Crippen LogP contribution is -2.47. The molecule has 1 unspecified atom stereocenters. The summed E-state index contributed by atoms with van der Waals surface area (Å²) in [6, 6.07) is 14.0. The van der Waals surface area contributed by atoms with Crippen LogP contribution in [0.3, 0.4) is 0 Å². The highest BCUT2D eigenvalue weighted by Crippen LogP contribution is 2.35. The van der Waals surface area contributed by atoms with Crippen LogP contribution in [0.4, 0.5) is 14.9 Å². The molecule has 180 valence electrons. The first-order valence-corrected chi connectivity index (χ1v) is 12.2. The number of hydrogen-bond acceptors (Lipinski definition) is 4. The number of nitriles is 1. The topological polar surface area (TPSA) is 79.6 Å². The van der Waals surface area contributed by atoms with E-state index in [0.717, 1.165) is 38.6 Å². The SMILES string of the molecule is N#Cc1cccc([C@H]2CC[C@H](N(CCN3CCC(O)C3)C(=O)Nc3ccc(F)c(Cl)c3)CC2)c1. The molecule has 2 aromatic carbocycles. The number of carbonyl (C=O) groups is 1. The Kier molecular flexibility index (Phi) is 8.04. The van der Waals surface area contributed by atoms with Gasteiger partial charge in [0.15, 0.2) is 0 Å². The Morgan fingerprint density at radius 2 is 2.00 bits per heavy atom. The molecule has 1 saturated heterocycles. The standard InChI is InChI=1S/C26H30ClFN4O2/c27-24-15-21(6-9-25(24)28)30-26(34)32(13-12-31-11-10-23(33)17-31)22-7-4-19(5-8-22)20-3-1-2-18(14-20)16-29/h1-3,6,9,14-15,19,22-23,33H,4-5,7-8,10-13,17H2,(H,30,34)/t19-,22-,23?. The van der Waals surface area contributed by atoms with Gasteiger partial charge in [-0.15, -0.1) is 0 Å². The van der Waals surface area contributed by atoms with E-state index in [0.29, 0.717) is 36.8 Å². The van der Waals surface area contributed by atoms with Gasteiger partial charge in [-0.1, -0.05) is 23.7 Å². The molecular weight excluding hydrogens is 455 g/mol. The van der Waals surface area contributed by atoms with Crippen LogP contribution in [0.5, 0.6) is 0 Å². The Balaban J connectivity index is 1.43. The number of halogens is 2. The van der Waals surface area contributed by atoms with Gasteiger partial charge in [-0.05, 0) is 73.9 Å². The normalized spacial score (nSPS) is 22.8. The smallest absolute Gasteiger partial charge is 0.322 e. The summed E-state index contributed by atoms with van der Waals surface area (Å²) in [4.78, 5) is 17.3. The maximum atomic E-state index is 13.5. The number of carbonyl (C=O) groups excluding carboxylic acids is 1. The molecule has 2 amide bonds. The van der Waals surface area contributed by atoms with Gasteiger partial charge in [0.1, 0.15) is 5.82 Å². The fraction of sp³-hybridized carbons (Fsp3) is 0.462. The Morgan fingerprint density at radius 3 is 2.68 bits per heavy atom. The number of anilines is 1. The zero-order valence-electron chi connectivity index (χ0n) is 19.1. The number of nitrogens with zero attached hydrogens (tertiary/aromatic N) is 3. The number of β-amino-alcohol motifs (C(OH)–C–C–N with tert-alkyl or cyclic N) is 1. The number of rotatable bonds is 6. The first-order chi connectivity index (χ1) is 16.4. The van der Waals surface area contributed by atoms with Crippen LogP contribution >= 0.6 is 11.6 Å². The van der Waals surface area contributed by atoms with Crippen molar-refractivity contribution in [1.82, 2.24) is 9.80 Å². The van der Waals surface area contributed by atoms with E-state index in [1.165, 1.54) is 23.8 Å². The maximum Gasteiger partial charge on any atom is 0.322 e. The number of amides is 2. The van der Waals surface area contributed by atoms with Crippen LogP contribution in [0.1, 0.15) is 49.1 Å². The molecule has 0 aromatic heterocycles. The highest BCUT2D eigenvalue weighted by atomic mass is 35.5. The van der Waals surface area contributed by atoms with Crippen molar-refractivity contribution in [3.8, 4) is 6.07 Å². The molecule has 2 aromatic rings. The molecule has 0 radical (unpaired) electrons. The number of benzene rings is 2. The van der Waals surface area contributed by atoms with E-state index >= 15 is 0 Å². The van der Waals surface area contributed by atoms with Gasteiger partial charge in [0, 0.05) is 37.9 Å². The second-order valence-electron chi connectivity index (χ2n) is 9.24. The lowest BCUT2D eigenvalue weighted by atomic mass is 9.81. The summed E-state index contributed by atoms with van der Waals surface area (Å²) >= 11 is 5.89. The highest BCUT2D eigenvalue weighted by Gasteiger charge is 2.31. The van der Waals surface area contributed by atoms with E-state index in [2.05, 4.69) is 22.4 Å². The average molecular weight is 485 g/mol. The predicted molar refractivity (Wildman–Crippen MR) is 130 cm³/mol. The number of aliphatic hydroxyl groups excluding tert-OH is 1. The van der Waals surface area contributed by atoms with Gasteiger partial charge in [0.2, 0.25) is 0 Å². The second kappa shape index (κ2) is 11.2. The summed E-state index contributed by atoms with van der Waals surface area (Å²) in [5.74, 6) is -0.151. The van der Waals surface area contributed by atoms with E-state index in [-0.39, 0.29) is 23.2 Å². The van der Waals surface area contributed by atoms with Crippen molar-refractivity contribution in [3.05, 3.63) is 64.4 Å². The quantitative estimate of drug-likeness (QED) is 0.606. The van der Waals surface area contributed by atoms with Gasteiger partial charge < -0.3 is 15.3 Å². The molecule has 34 heavy (non-hydrogen) atoms. The van der Waals surface area contributed by atoms with Crippen molar-refractivity contribution < 1.29 is 14.3 Å². The molecule has 1 heterocycles. The molecule has 4 rings (SSSR count). The van der Waals surface area contributed by atoms with Crippen LogP contribution in [0.15, 0.2) is 42.5 Å². The zero-order chi connectivity index (χ0) is 24.1. The third kappa shape index (κ3) is 6.06. The highest BCUT2D eigenvalue weighted by molar-refractivity contribution is 6.31. The van der Waals surface area contributed by atoms with Crippen LogP contribution in [0.2, 0.25) is 5.02 Å². The third-order valence-electron chi connectivity index (χ3n) is 6.96. The molecule has 2 aliphatic rings. The minimum Gasteiger partial charge on any atom is -0.392 e. The molecule has 1 aliphatic heterocycles. The van der Waals surface area contributed by atoms with Gasteiger partial charge >= 0.3 is 6.03 Å². The van der Waals surface area contributed by atoms with E-state index in [1.54, 1.807) is 0 Å². The van der Waals surface area contributed by atoms with Crippen LogP contribution in [-0.4, -0.2) is 59.3 Å². The van der Waals surface area contributed by atoms with E-state index < -0.39 is 5.82 Å². The summed E-state index contributed by atoms with van der Waals surface area (Å²) in [6.45, 7) is 2.70. The number of nitrogens with one attached hydrogen (secondary N) is 1. The van der Waals surface area contributed by atoms with Crippen LogP contribution in [0.25, 0.3) is 0 Å². The summed E-state index contributed by atoms with van der Waals surface area (Å²) in [7, 11) is 0. The summed E-state index contributed by atoms with van der Waals surface area (Å²) < 4.78 is 13.5. The fourth-order valence-corrected chi connectivity index (χ4v) is 5.25. The van der Waals surface area contributed by atoms with Crippen LogP contribution < -0.4 is 5.32 Å². The van der Waals surface area contributed by atoms with E-state index in [4.69, 9.17) is 11.6 Å². The summed E-state index contributed by atoms with van der Waals surface area (Å²) in [5, 5.41) is 21.9. The van der Waals surface area contributed by atoms with E-state index in [9.17, 15) is 19.6 Å². The van der Waals surface area contributed by atoms with Gasteiger partial charge in [-0.3, -0.25) is 4.90 Å². The Morgan fingerprint density at radius 1 is 1.21 bits per heavy atom. The molecule has 1 atom stereocenters. The van der Waals surface area contributed by atoms with E-state index in [1.807, 2.05) is 23.1 Å². The maximum absolute atomic E-state index is 13.5. The first kappa shape index (κ1) is 24.5. The Hall–Kier alpha value is -2.66. The van der Waals surface area contributed by atoms with Crippen molar-refractivity contribution in [2.45, 2.75) is 50.2 Å². The lowest BCUT2D eigenvalue weighted by molar-refractivity contribution is 0.143. The molecule has 1 aliphatic carbocycles. The van der Waals surface area contributed by atoms with Crippen molar-refractivity contribution in [2.24, 2.45) is 0 Å². The second-order valence-corrected chi connectivity index (χ2v) is 9.65. The molecule has 0 spiro atoms. The van der Waals surface area contributed by atoms with Gasteiger partial charge in [-0.25, -0.2) is 9.18 Å². The number of hydrogen-bond donors (Lipinski definition) is 2. The number of likely N-dealkylation sites (tertiary alicyclic amines) is 1. The fourth-order valence-electron chi connectivity index (χ4n) is 5.07. The molecule has 8 heteroatoms. The average Bonchev–Trinajstić information content (AvgIpc) is 3.27. The number of aliphatic hydroxyl groups is 1. The molecule has 1 saturated carbocycles. The molecule has 6 nitrogen and oxygen atoms in total. The van der Waals surface area contributed by atoms with Gasteiger partial charge in [-0.2, -0.15) is 5.26 Å². The zero-order valence-corrected chi connectivity index (χ0v) is 19.8. The molecule has 0 bridgehead atoms. The lowest BCUT2D eigenvalue weighted by Gasteiger charge is -2.38. The number of urea groups is 1. The third-order valence-corrected chi connectivity index (χ3v) is 7.25. The van der Waals surface area contributed by atoms with Crippen LogP contribution in [0, 0.1) is 17.1 Å². The van der Waals surface area contributed by atoms with Gasteiger partial charge in [0.25, 0.3) is 0 Å². The monoisotopic (exact) mass is 484 g/mol. The first-order valence-electron chi connectivity index (χ1n) is 11.9. The summed E-state index contributed by atoms with van der Waals surface area (Å²) in [5.41, 5.74) is 2.31. The Labute approximate surface area is 204 Å². The van der Waals surface area contributed by atoms with Gasteiger partial charge in [0.05, 0.1) is 22.8 Å². The molecular formula is C26H30ClFN4O2. The largest absolute Gasteiger partial charge is 0.392 e.